The molecule has 0 aromatic carbocycles. The molecule has 0 atom stereocenters. The van der Waals surface area contributed by atoms with E-state index in [0.717, 1.165) is 58.7 Å². The summed E-state index contributed by atoms with van der Waals surface area (Å²) in [5, 5.41) is 0. The van der Waals surface area contributed by atoms with E-state index in [9.17, 15) is 9.59 Å². The molecule has 2 saturated heterocycles. The lowest BCUT2D eigenvalue weighted by atomic mass is 9.95. The van der Waals surface area contributed by atoms with E-state index in [4.69, 9.17) is 0 Å². The van der Waals surface area contributed by atoms with Crippen molar-refractivity contribution in [3.63, 3.8) is 0 Å². The normalized spacial score (nSPS) is 21.9. The van der Waals surface area contributed by atoms with Gasteiger partial charge in [-0.15, -0.1) is 0 Å². The number of rotatable bonds is 3. The van der Waals surface area contributed by atoms with Gasteiger partial charge >= 0.3 is 0 Å². The van der Waals surface area contributed by atoms with Crippen molar-refractivity contribution in [3.05, 3.63) is 0 Å². The Bertz CT molecular complexity index is 368. The Morgan fingerprint density at radius 3 is 2.00 bits per heavy atom. The molecule has 5 heteroatoms. The number of hydrogen-bond acceptors (Lipinski definition) is 3. The molecule has 21 heavy (non-hydrogen) atoms. The maximum atomic E-state index is 12.0. The number of likely N-dealkylation sites (tertiary alicyclic amines) is 1. The van der Waals surface area contributed by atoms with Crippen LogP contribution in [0.1, 0.15) is 33.6 Å². The zero-order valence-corrected chi connectivity index (χ0v) is 13.7. The molecule has 0 aromatic heterocycles. The van der Waals surface area contributed by atoms with Crippen LogP contribution < -0.4 is 0 Å². The summed E-state index contributed by atoms with van der Waals surface area (Å²) in [5.74, 6) is 1.30. The highest BCUT2D eigenvalue weighted by molar-refractivity contribution is 5.78. The highest BCUT2D eigenvalue weighted by Crippen LogP contribution is 2.20. The van der Waals surface area contributed by atoms with Crippen molar-refractivity contribution >= 4 is 11.8 Å². The molecular formula is C16H29N3O2. The third-order valence-electron chi connectivity index (χ3n) is 4.75. The molecule has 2 heterocycles. The standard InChI is InChI=1S/C16H29N3O2/c1-13(2)16(21)19-6-4-15(5-7-19)12-17-8-10-18(11-9-17)14(3)20/h13,15H,4-12H2,1-3H3. The van der Waals surface area contributed by atoms with E-state index in [1.165, 1.54) is 0 Å². The molecule has 0 aliphatic carbocycles. The van der Waals surface area contributed by atoms with Crippen LogP contribution in [0, 0.1) is 11.8 Å². The van der Waals surface area contributed by atoms with Gasteiger partial charge in [-0.2, -0.15) is 0 Å². The molecule has 2 aliphatic heterocycles. The number of hydrogen-bond donors (Lipinski definition) is 0. The predicted octanol–water partition coefficient (Wildman–Crippen LogP) is 1.05. The van der Waals surface area contributed by atoms with Gasteiger partial charge in [0.2, 0.25) is 11.8 Å². The van der Waals surface area contributed by atoms with Crippen molar-refractivity contribution in [2.45, 2.75) is 33.6 Å². The van der Waals surface area contributed by atoms with Gasteiger partial charge in [-0.3, -0.25) is 14.5 Å². The van der Waals surface area contributed by atoms with Crippen LogP contribution in [0.4, 0.5) is 0 Å². The van der Waals surface area contributed by atoms with Crippen LogP contribution in [0.5, 0.6) is 0 Å². The van der Waals surface area contributed by atoms with Crippen LogP contribution in [0.3, 0.4) is 0 Å². The summed E-state index contributed by atoms with van der Waals surface area (Å²) >= 11 is 0. The summed E-state index contributed by atoms with van der Waals surface area (Å²) in [6.07, 6.45) is 2.23. The van der Waals surface area contributed by atoms with Gasteiger partial charge in [0.1, 0.15) is 0 Å². The van der Waals surface area contributed by atoms with Gasteiger partial charge in [-0.25, -0.2) is 0 Å². The lowest BCUT2D eigenvalue weighted by molar-refractivity contribution is -0.135. The first kappa shape index (κ1) is 16.3. The van der Waals surface area contributed by atoms with Gasteiger partial charge in [-0.1, -0.05) is 13.8 Å². The first-order valence-electron chi connectivity index (χ1n) is 8.24. The predicted molar refractivity (Wildman–Crippen MR) is 82.8 cm³/mol. The largest absolute Gasteiger partial charge is 0.342 e. The maximum Gasteiger partial charge on any atom is 0.225 e. The van der Waals surface area contributed by atoms with Gasteiger partial charge in [0.05, 0.1) is 0 Å². The summed E-state index contributed by atoms with van der Waals surface area (Å²) < 4.78 is 0. The average molecular weight is 295 g/mol. The Kier molecular flexibility index (Phi) is 5.62. The fraction of sp³-hybridized carbons (Fsp3) is 0.875. The van der Waals surface area contributed by atoms with Crippen LogP contribution in [0.15, 0.2) is 0 Å². The van der Waals surface area contributed by atoms with E-state index in [0.29, 0.717) is 11.8 Å². The third kappa shape index (κ3) is 4.43. The van der Waals surface area contributed by atoms with E-state index in [-0.39, 0.29) is 11.8 Å². The van der Waals surface area contributed by atoms with Crippen LogP contribution in [-0.2, 0) is 9.59 Å². The van der Waals surface area contributed by atoms with Crippen molar-refractivity contribution < 1.29 is 9.59 Å². The molecule has 0 aromatic rings. The minimum absolute atomic E-state index is 0.112. The SMILES string of the molecule is CC(=O)N1CCN(CC2CCN(C(=O)C(C)C)CC2)CC1. The van der Waals surface area contributed by atoms with Crippen molar-refractivity contribution in [1.29, 1.82) is 0 Å². The molecular weight excluding hydrogens is 266 g/mol. The molecule has 2 amide bonds. The van der Waals surface area contributed by atoms with Crippen LogP contribution in [0.25, 0.3) is 0 Å². The summed E-state index contributed by atoms with van der Waals surface area (Å²) in [6, 6.07) is 0. The number of piperazine rings is 1. The zero-order chi connectivity index (χ0) is 15.4. The molecule has 0 spiro atoms. The second kappa shape index (κ2) is 7.25. The Morgan fingerprint density at radius 2 is 1.52 bits per heavy atom. The number of amides is 2. The molecule has 0 N–H and O–H groups in total. The smallest absolute Gasteiger partial charge is 0.225 e. The Balaban J connectivity index is 1.70. The Morgan fingerprint density at radius 1 is 0.952 bits per heavy atom. The molecule has 2 rings (SSSR count). The molecule has 2 aliphatic rings. The van der Waals surface area contributed by atoms with Crippen molar-refractivity contribution in [2.75, 3.05) is 45.8 Å². The van der Waals surface area contributed by atoms with E-state index in [2.05, 4.69) is 4.90 Å². The van der Waals surface area contributed by atoms with Crippen molar-refractivity contribution in [1.82, 2.24) is 14.7 Å². The summed E-state index contributed by atoms with van der Waals surface area (Å²) in [7, 11) is 0. The second-order valence-corrected chi connectivity index (χ2v) is 6.73. The van der Waals surface area contributed by atoms with Crippen molar-refractivity contribution in [2.24, 2.45) is 11.8 Å². The molecule has 0 bridgehead atoms. The van der Waals surface area contributed by atoms with Crippen LogP contribution >= 0.6 is 0 Å². The highest BCUT2D eigenvalue weighted by Gasteiger charge is 2.26. The van der Waals surface area contributed by atoms with Crippen LogP contribution in [0.2, 0.25) is 0 Å². The number of piperidine rings is 1. The first-order valence-corrected chi connectivity index (χ1v) is 8.24. The molecule has 0 radical (unpaired) electrons. The monoisotopic (exact) mass is 295 g/mol. The van der Waals surface area contributed by atoms with Gasteiger partial charge < -0.3 is 9.80 Å². The minimum Gasteiger partial charge on any atom is -0.342 e. The molecule has 5 nitrogen and oxygen atoms in total. The van der Waals surface area contributed by atoms with E-state index in [1.807, 2.05) is 23.6 Å². The zero-order valence-electron chi connectivity index (χ0n) is 13.7. The van der Waals surface area contributed by atoms with E-state index >= 15 is 0 Å². The third-order valence-corrected chi connectivity index (χ3v) is 4.75. The number of carbonyl (C=O) groups is 2. The summed E-state index contributed by atoms with van der Waals surface area (Å²) in [6.45, 7) is 12.2. The quantitative estimate of drug-likeness (QED) is 0.781. The van der Waals surface area contributed by atoms with Gasteiger partial charge in [0.15, 0.2) is 0 Å². The van der Waals surface area contributed by atoms with Crippen molar-refractivity contribution in [3.8, 4) is 0 Å². The average Bonchev–Trinajstić information content (AvgIpc) is 2.47. The minimum atomic E-state index is 0.112. The van der Waals surface area contributed by atoms with E-state index in [1.54, 1.807) is 6.92 Å². The van der Waals surface area contributed by atoms with E-state index < -0.39 is 0 Å². The first-order chi connectivity index (χ1) is 9.97. The fourth-order valence-corrected chi connectivity index (χ4v) is 3.31. The Hall–Kier alpha value is -1.10. The number of nitrogens with zero attached hydrogens (tertiary/aromatic N) is 3. The summed E-state index contributed by atoms with van der Waals surface area (Å²) in [4.78, 5) is 29.7. The second-order valence-electron chi connectivity index (χ2n) is 6.73. The van der Waals surface area contributed by atoms with Gasteiger partial charge in [0, 0.05) is 58.7 Å². The van der Waals surface area contributed by atoms with Crippen LogP contribution in [-0.4, -0.2) is 72.3 Å². The lowest BCUT2D eigenvalue weighted by Gasteiger charge is -2.39. The summed E-state index contributed by atoms with van der Waals surface area (Å²) in [5.41, 5.74) is 0. The molecule has 120 valence electrons. The highest BCUT2D eigenvalue weighted by atomic mass is 16.2. The Labute approximate surface area is 128 Å². The fourth-order valence-electron chi connectivity index (χ4n) is 3.31. The molecule has 2 fully saturated rings. The van der Waals surface area contributed by atoms with Gasteiger partial charge in [0.25, 0.3) is 0 Å². The number of carbonyl (C=O) groups excluding carboxylic acids is 2. The molecule has 0 saturated carbocycles. The topological polar surface area (TPSA) is 43.9 Å². The maximum absolute atomic E-state index is 12.0. The molecule has 0 unspecified atom stereocenters. The van der Waals surface area contributed by atoms with Gasteiger partial charge in [-0.05, 0) is 18.8 Å². The lowest BCUT2D eigenvalue weighted by Crippen LogP contribution is -2.50.